The molecule has 2 aromatic rings. The topological polar surface area (TPSA) is 127 Å². The highest BCUT2D eigenvalue weighted by Gasteiger charge is 2.50. The number of piperidine rings is 1. The molecule has 1 amide bonds. The number of hydrogen-bond acceptors (Lipinski definition) is 9. The Morgan fingerprint density at radius 3 is 2.55 bits per heavy atom. The number of esters is 1. The smallest absolute Gasteiger partial charge is 0.336 e. The van der Waals surface area contributed by atoms with Crippen molar-refractivity contribution in [2.24, 2.45) is 5.41 Å². The fourth-order valence-corrected chi connectivity index (χ4v) is 5.06. The largest absolute Gasteiger partial charge is 0.456 e. The Morgan fingerprint density at radius 2 is 1.91 bits per heavy atom. The van der Waals surface area contributed by atoms with E-state index in [1.54, 1.807) is 17.9 Å². The minimum atomic E-state index is -0.731. The molecule has 11 nitrogen and oxygen atoms in total. The van der Waals surface area contributed by atoms with E-state index in [0.29, 0.717) is 30.1 Å². The Morgan fingerprint density at radius 1 is 1.15 bits per heavy atom. The van der Waals surface area contributed by atoms with Crippen LogP contribution >= 0.6 is 0 Å². The zero-order valence-electron chi connectivity index (χ0n) is 18.8. The number of aryl methyl sites for hydroxylation is 1. The van der Waals surface area contributed by atoms with Gasteiger partial charge in [-0.2, -0.15) is 4.68 Å². The summed E-state index contributed by atoms with van der Waals surface area (Å²) in [7, 11) is 0. The predicted octanol–water partition coefficient (Wildman–Crippen LogP) is 0.544. The highest BCUT2D eigenvalue weighted by atomic mass is 16.5. The molecule has 33 heavy (non-hydrogen) atoms. The number of amides is 1. The van der Waals surface area contributed by atoms with Crippen LogP contribution in [0.1, 0.15) is 43.7 Å². The van der Waals surface area contributed by atoms with Crippen molar-refractivity contribution in [3.05, 3.63) is 41.1 Å². The van der Waals surface area contributed by atoms with E-state index in [4.69, 9.17) is 4.74 Å². The third-order valence-electron chi connectivity index (χ3n) is 7.18. The van der Waals surface area contributed by atoms with Gasteiger partial charge >= 0.3 is 5.97 Å². The fraction of sp³-hybridized carbons (Fsp3) is 0.545. The van der Waals surface area contributed by atoms with Crippen molar-refractivity contribution < 1.29 is 19.4 Å². The van der Waals surface area contributed by atoms with Gasteiger partial charge in [0, 0.05) is 13.1 Å². The fourth-order valence-electron chi connectivity index (χ4n) is 5.06. The summed E-state index contributed by atoms with van der Waals surface area (Å²) in [6.45, 7) is 6.30. The summed E-state index contributed by atoms with van der Waals surface area (Å²) in [6, 6.07) is 3.64. The second kappa shape index (κ2) is 8.31. The van der Waals surface area contributed by atoms with E-state index in [-0.39, 0.29) is 23.9 Å². The molecule has 11 heteroatoms. The van der Waals surface area contributed by atoms with Gasteiger partial charge in [0.2, 0.25) is 5.91 Å². The number of β-amino-alcohol motifs (C(OH)–C–C–N with tert-alkyl or cyclic N) is 1. The van der Waals surface area contributed by atoms with Crippen LogP contribution in [-0.4, -0.2) is 84.8 Å². The van der Waals surface area contributed by atoms with Gasteiger partial charge in [0.05, 0.1) is 33.8 Å². The highest BCUT2D eigenvalue weighted by molar-refractivity contribution is 5.94. The normalized spacial score (nSPS) is 21.8. The summed E-state index contributed by atoms with van der Waals surface area (Å²) in [4.78, 5) is 33.5. The Kier molecular flexibility index (Phi) is 5.45. The number of carbonyl (C=O) groups excluding carboxylic acids is 2. The average molecular weight is 454 g/mol. The highest BCUT2D eigenvalue weighted by Crippen LogP contribution is 2.43. The second-order valence-electron chi connectivity index (χ2n) is 9.05. The Labute approximate surface area is 191 Å². The second-order valence-corrected chi connectivity index (χ2v) is 9.05. The zero-order valence-corrected chi connectivity index (χ0v) is 18.8. The van der Waals surface area contributed by atoms with Crippen molar-refractivity contribution in [3.63, 3.8) is 0 Å². The van der Waals surface area contributed by atoms with E-state index in [9.17, 15) is 14.7 Å². The molecule has 2 saturated heterocycles. The molecule has 0 aromatic carbocycles. The van der Waals surface area contributed by atoms with Crippen LogP contribution in [0.25, 0.3) is 5.69 Å². The van der Waals surface area contributed by atoms with E-state index in [1.165, 1.54) is 11.0 Å². The summed E-state index contributed by atoms with van der Waals surface area (Å²) in [5.41, 5.74) is 2.96. The first kappa shape index (κ1) is 21.7. The van der Waals surface area contributed by atoms with Crippen LogP contribution in [0.15, 0.2) is 29.7 Å². The molecular weight excluding hydrogens is 426 g/mol. The van der Waals surface area contributed by atoms with Crippen LogP contribution in [0, 0.1) is 12.3 Å². The zero-order chi connectivity index (χ0) is 23.2. The number of pyridine rings is 1. The number of aromatic nitrogens is 5. The van der Waals surface area contributed by atoms with Crippen LogP contribution in [0.3, 0.4) is 0 Å². The van der Waals surface area contributed by atoms with Gasteiger partial charge in [0.1, 0.15) is 19.0 Å². The third-order valence-corrected chi connectivity index (χ3v) is 7.18. The average Bonchev–Trinajstić information content (AvgIpc) is 3.53. The van der Waals surface area contributed by atoms with E-state index in [2.05, 4.69) is 25.4 Å². The minimum absolute atomic E-state index is 0.103. The molecule has 0 radical (unpaired) electrons. The summed E-state index contributed by atoms with van der Waals surface area (Å²) < 4.78 is 6.63. The van der Waals surface area contributed by atoms with Crippen molar-refractivity contribution in [1.82, 2.24) is 35.0 Å². The van der Waals surface area contributed by atoms with Crippen LogP contribution in [0.5, 0.6) is 0 Å². The maximum atomic E-state index is 13.3. The van der Waals surface area contributed by atoms with Crippen molar-refractivity contribution >= 4 is 11.9 Å². The van der Waals surface area contributed by atoms with Gasteiger partial charge in [-0.3, -0.25) is 9.78 Å². The van der Waals surface area contributed by atoms with E-state index < -0.39 is 6.10 Å². The maximum absolute atomic E-state index is 13.3. The van der Waals surface area contributed by atoms with Gasteiger partial charge in [0.15, 0.2) is 0 Å². The summed E-state index contributed by atoms with van der Waals surface area (Å²) in [5, 5.41) is 22.0. The lowest BCUT2D eigenvalue weighted by Gasteiger charge is -2.38. The van der Waals surface area contributed by atoms with E-state index in [1.807, 2.05) is 13.0 Å². The monoisotopic (exact) mass is 453 g/mol. The Balaban J connectivity index is 1.20. The Hall–Kier alpha value is -3.18. The molecule has 5 heterocycles. The van der Waals surface area contributed by atoms with Crippen LogP contribution in [0.2, 0.25) is 0 Å². The minimum Gasteiger partial charge on any atom is -0.456 e. The number of rotatable bonds is 5. The summed E-state index contributed by atoms with van der Waals surface area (Å²) >= 11 is 0. The number of likely N-dealkylation sites (tertiary alicyclic amines) is 2. The van der Waals surface area contributed by atoms with Crippen molar-refractivity contribution in [2.75, 3.05) is 32.8 Å². The van der Waals surface area contributed by atoms with Crippen molar-refractivity contribution in [1.29, 1.82) is 0 Å². The third kappa shape index (κ3) is 3.80. The lowest BCUT2D eigenvalue weighted by atomic mass is 9.77. The molecule has 1 N–H and O–H groups in total. The number of carbonyl (C=O) groups is 2. The van der Waals surface area contributed by atoms with Crippen molar-refractivity contribution in [3.8, 4) is 5.69 Å². The van der Waals surface area contributed by atoms with E-state index in [0.717, 1.165) is 43.7 Å². The van der Waals surface area contributed by atoms with Gasteiger partial charge in [-0.25, -0.2) is 4.79 Å². The number of aliphatic hydroxyl groups is 1. The first-order valence-corrected chi connectivity index (χ1v) is 11.2. The van der Waals surface area contributed by atoms with Crippen molar-refractivity contribution in [2.45, 2.75) is 39.2 Å². The number of aliphatic hydroxyl groups excluding tert-OH is 1. The number of ether oxygens (including phenoxy) is 1. The molecule has 0 saturated carbocycles. The SMILES string of the molecule is CC1=C(N2CCC3(CCN(CC(O)c4ccc(-n5cnnn5)c(C)n4)CC3)C2=O)COC1=O. The lowest BCUT2D eigenvalue weighted by Crippen LogP contribution is -2.45. The van der Waals surface area contributed by atoms with Crippen LogP contribution in [-0.2, 0) is 14.3 Å². The lowest BCUT2D eigenvalue weighted by molar-refractivity contribution is -0.138. The summed E-state index contributed by atoms with van der Waals surface area (Å²) in [6.07, 6.45) is 3.03. The number of hydrogen-bond donors (Lipinski definition) is 1. The number of cyclic esters (lactones) is 1. The van der Waals surface area contributed by atoms with Crippen LogP contribution in [0.4, 0.5) is 0 Å². The maximum Gasteiger partial charge on any atom is 0.336 e. The molecule has 174 valence electrons. The molecule has 2 aromatic heterocycles. The van der Waals surface area contributed by atoms with Gasteiger partial charge in [-0.15, -0.1) is 5.10 Å². The molecule has 1 atom stereocenters. The number of nitrogens with zero attached hydrogens (tertiary/aromatic N) is 7. The first-order valence-electron chi connectivity index (χ1n) is 11.2. The van der Waals surface area contributed by atoms with Gasteiger partial charge in [0.25, 0.3) is 0 Å². The standard InChI is InChI=1S/C22H27N7O4/c1-14-18(12-33-20(14)31)28-10-7-22(21(28)32)5-8-27(9-6-22)11-19(30)16-3-4-17(15(2)24-16)29-13-23-25-26-29/h3-4,13,19,30H,5-12H2,1-2H3. The van der Waals surface area contributed by atoms with Crippen LogP contribution < -0.4 is 0 Å². The predicted molar refractivity (Wildman–Crippen MR) is 115 cm³/mol. The molecule has 0 bridgehead atoms. The van der Waals surface area contributed by atoms with E-state index >= 15 is 0 Å². The molecule has 3 aliphatic heterocycles. The molecule has 5 rings (SSSR count). The molecular formula is C22H27N7O4. The quantitative estimate of drug-likeness (QED) is 0.646. The molecule has 1 unspecified atom stereocenters. The molecule has 2 fully saturated rings. The van der Waals surface area contributed by atoms with Gasteiger partial charge < -0.3 is 19.6 Å². The van der Waals surface area contributed by atoms with Gasteiger partial charge in [-0.1, -0.05) is 0 Å². The molecule has 1 spiro atoms. The number of tetrazole rings is 1. The molecule has 3 aliphatic rings. The van der Waals surface area contributed by atoms with Gasteiger partial charge in [-0.05, 0) is 68.8 Å². The summed E-state index contributed by atoms with van der Waals surface area (Å²) in [5.74, 6) is -0.233. The Bertz CT molecular complexity index is 1110. The first-order chi connectivity index (χ1) is 15.9. The molecule has 0 aliphatic carbocycles.